The summed E-state index contributed by atoms with van der Waals surface area (Å²) >= 11 is 1.58. The quantitative estimate of drug-likeness (QED) is 0.749. The maximum atomic E-state index is 11.0. The lowest BCUT2D eigenvalue weighted by atomic mass is 10.2. The first-order valence-electron chi connectivity index (χ1n) is 3.80. The highest BCUT2D eigenvalue weighted by Gasteiger charge is 2.10. The number of amides is 1. The van der Waals surface area contributed by atoms with E-state index in [4.69, 9.17) is 5.73 Å². The third kappa shape index (κ3) is 1.36. The molecule has 2 aromatic heterocycles. The van der Waals surface area contributed by atoms with Crippen LogP contribution in [-0.4, -0.2) is 10.9 Å². The van der Waals surface area contributed by atoms with Gasteiger partial charge in [-0.05, 0) is 17.5 Å². The Morgan fingerprint density at radius 1 is 1.46 bits per heavy atom. The Hall–Kier alpha value is -1.55. The first-order valence-corrected chi connectivity index (χ1v) is 4.68. The van der Waals surface area contributed by atoms with E-state index < -0.39 is 5.91 Å². The zero-order valence-corrected chi connectivity index (χ0v) is 7.60. The number of nitrogens with two attached hydrogens (primary N) is 1. The van der Waals surface area contributed by atoms with Crippen LogP contribution in [0.1, 0.15) is 10.5 Å². The van der Waals surface area contributed by atoms with Crippen LogP contribution in [0, 0.1) is 0 Å². The van der Waals surface area contributed by atoms with E-state index in [1.54, 1.807) is 17.5 Å². The lowest BCUT2D eigenvalue weighted by molar-refractivity contribution is 0.0997. The topological polar surface area (TPSA) is 58.9 Å². The second-order valence-electron chi connectivity index (χ2n) is 2.61. The second kappa shape index (κ2) is 3.06. The summed E-state index contributed by atoms with van der Waals surface area (Å²) in [6, 6.07) is 5.75. The summed E-state index contributed by atoms with van der Waals surface area (Å²) in [5, 5.41) is 1.97. The van der Waals surface area contributed by atoms with Crippen molar-refractivity contribution in [2.24, 2.45) is 5.73 Å². The van der Waals surface area contributed by atoms with Crippen LogP contribution in [0.2, 0.25) is 0 Å². The van der Waals surface area contributed by atoms with Gasteiger partial charge in [0, 0.05) is 16.6 Å². The number of thiophene rings is 1. The molecule has 2 rings (SSSR count). The lowest BCUT2D eigenvalue weighted by Gasteiger charge is -1.95. The van der Waals surface area contributed by atoms with Crippen molar-refractivity contribution in [2.75, 3.05) is 0 Å². The minimum atomic E-state index is -0.423. The molecule has 66 valence electrons. The van der Waals surface area contributed by atoms with Crippen LogP contribution in [0.3, 0.4) is 0 Å². The van der Waals surface area contributed by atoms with Gasteiger partial charge >= 0.3 is 0 Å². The fourth-order valence-corrected chi connectivity index (χ4v) is 1.97. The van der Waals surface area contributed by atoms with E-state index in [0.29, 0.717) is 5.69 Å². The molecule has 3 nitrogen and oxygen atoms in total. The highest BCUT2D eigenvalue weighted by Crippen LogP contribution is 2.26. The molecule has 0 aliphatic heterocycles. The van der Waals surface area contributed by atoms with Crippen molar-refractivity contribution in [2.45, 2.75) is 0 Å². The van der Waals surface area contributed by atoms with Crippen molar-refractivity contribution in [3.63, 3.8) is 0 Å². The van der Waals surface area contributed by atoms with Crippen molar-refractivity contribution in [1.29, 1.82) is 0 Å². The number of carbonyl (C=O) groups excluding carboxylic acids is 1. The Labute approximate surface area is 79.2 Å². The summed E-state index contributed by atoms with van der Waals surface area (Å²) in [4.78, 5) is 14.9. The Bertz CT molecular complexity index is 417. The van der Waals surface area contributed by atoms with E-state index in [1.807, 2.05) is 23.6 Å². The third-order valence-electron chi connectivity index (χ3n) is 1.78. The van der Waals surface area contributed by atoms with Crippen molar-refractivity contribution < 1.29 is 4.79 Å². The lowest BCUT2D eigenvalue weighted by Crippen LogP contribution is -2.12. The van der Waals surface area contributed by atoms with Crippen molar-refractivity contribution in [3.8, 4) is 10.4 Å². The zero-order valence-electron chi connectivity index (χ0n) is 6.78. The molecule has 0 fully saturated rings. The van der Waals surface area contributed by atoms with Crippen molar-refractivity contribution >= 4 is 17.2 Å². The molecule has 13 heavy (non-hydrogen) atoms. The minimum absolute atomic E-state index is 0.423. The molecule has 4 heteroatoms. The molecule has 0 aromatic carbocycles. The number of hydrogen-bond acceptors (Lipinski definition) is 2. The number of rotatable bonds is 2. The van der Waals surface area contributed by atoms with Crippen LogP contribution < -0.4 is 5.73 Å². The van der Waals surface area contributed by atoms with Gasteiger partial charge in [0.05, 0.1) is 0 Å². The van der Waals surface area contributed by atoms with E-state index >= 15 is 0 Å². The van der Waals surface area contributed by atoms with Crippen molar-refractivity contribution in [3.05, 3.63) is 35.5 Å². The molecule has 2 aromatic rings. The summed E-state index contributed by atoms with van der Waals surface area (Å²) < 4.78 is 0. The van der Waals surface area contributed by atoms with Crippen molar-refractivity contribution in [1.82, 2.24) is 4.98 Å². The number of aromatic nitrogens is 1. The monoisotopic (exact) mass is 192 g/mol. The largest absolute Gasteiger partial charge is 0.364 e. The average Bonchev–Trinajstić information content (AvgIpc) is 2.74. The van der Waals surface area contributed by atoms with Crippen LogP contribution in [-0.2, 0) is 0 Å². The highest BCUT2D eigenvalue weighted by molar-refractivity contribution is 7.13. The molecule has 0 aliphatic rings. The van der Waals surface area contributed by atoms with Crippen LogP contribution in [0.25, 0.3) is 10.4 Å². The van der Waals surface area contributed by atoms with Crippen LogP contribution >= 0.6 is 11.3 Å². The van der Waals surface area contributed by atoms with Gasteiger partial charge < -0.3 is 10.7 Å². The van der Waals surface area contributed by atoms with Gasteiger partial charge in [-0.15, -0.1) is 11.3 Å². The summed E-state index contributed by atoms with van der Waals surface area (Å²) in [6.45, 7) is 0. The molecule has 0 bridgehead atoms. The molecule has 0 atom stereocenters. The molecule has 0 radical (unpaired) electrons. The summed E-state index contributed by atoms with van der Waals surface area (Å²) in [7, 11) is 0. The Balaban J connectivity index is 2.52. The fraction of sp³-hybridized carbons (Fsp3) is 0. The summed E-state index contributed by atoms with van der Waals surface area (Å²) in [5.74, 6) is -0.423. The molecule has 0 unspecified atom stereocenters. The fourth-order valence-electron chi connectivity index (χ4n) is 1.21. The van der Waals surface area contributed by atoms with E-state index in [2.05, 4.69) is 4.98 Å². The molecule has 0 saturated heterocycles. The molecular formula is C9H8N2OS. The van der Waals surface area contributed by atoms with Crippen LogP contribution in [0.15, 0.2) is 29.8 Å². The number of nitrogens with one attached hydrogen (secondary N) is 1. The average molecular weight is 192 g/mol. The SMILES string of the molecule is NC(=O)c1[nH]ccc1-c1cccs1. The smallest absolute Gasteiger partial charge is 0.265 e. The summed E-state index contributed by atoms with van der Waals surface area (Å²) in [6.07, 6.45) is 1.72. The number of primary amides is 1. The number of H-pyrrole nitrogens is 1. The Morgan fingerprint density at radius 2 is 2.31 bits per heavy atom. The highest BCUT2D eigenvalue weighted by atomic mass is 32.1. The standard InChI is InChI=1S/C9H8N2OS/c10-9(12)8-6(3-4-11-8)7-2-1-5-13-7/h1-5,11H,(H2,10,12). The maximum Gasteiger partial charge on any atom is 0.265 e. The van der Waals surface area contributed by atoms with Gasteiger partial charge in [-0.3, -0.25) is 4.79 Å². The second-order valence-corrected chi connectivity index (χ2v) is 3.56. The van der Waals surface area contributed by atoms with Gasteiger partial charge in [0.25, 0.3) is 5.91 Å². The Kier molecular flexibility index (Phi) is 1.90. The molecule has 1 amide bonds. The Morgan fingerprint density at radius 3 is 2.92 bits per heavy atom. The van der Waals surface area contributed by atoms with E-state index in [-0.39, 0.29) is 0 Å². The first-order chi connectivity index (χ1) is 6.29. The number of hydrogen-bond donors (Lipinski definition) is 2. The first kappa shape index (κ1) is 8.07. The molecule has 3 N–H and O–H groups in total. The van der Waals surface area contributed by atoms with Gasteiger partial charge in [-0.1, -0.05) is 6.07 Å². The molecule has 2 heterocycles. The predicted molar refractivity (Wildman–Crippen MR) is 52.6 cm³/mol. The molecule has 0 aliphatic carbocycles. The van der Waals surface area contributed by atoms with Gasteiger partial charge in [0.15, 0.2) is 0 Å². The van der Waals surface area contributed by atoms with Gasteiger partial charge in [0.1, 0.15) is 5.69 Å². The molecule has 0 saturated carbocycles. The van der Waals surface area contributed by atoms with Gasteiger partial charge in [-0.2, -0.15) is 0 Å². The third-order valence-corrected chi connectivity index (χ3v) is 2.68. The zero-order chi connectivity index (χ0) is 9.26. The van der Waals surface area contributed by atoms with Gasteiger partial charge in [0.2, 0.25) is 0 Å². The summed E-state index contributed by atoms with van der Waals surface area (Å²) in [5.41, 5.74) is 6.55. The van der Waals surface area contributed by atoms with Crippen LogP contribution in [0.4, 0.5) is 0 Å². The molecule has 0 spiro atoms. The normalized spacial score (nSPS) is 10.2. The number of carbonyl (C=O) groups is 1. The molecular weight excluding hydrogens is 184 g/mol. The van der Waals surface area contributed by atoms with Gasteiger partial charge in [-0.25, -0.2) is 0 Å². The number of aromatic amines is 1. The van der Waals surface area contributed by atoms with Crippen LogP contribution in [0.5, 0.6) is 0 Å². The van der Waals surface area contributed by atoms with E-state index in [9.17, 15) is 4.79 Å². The predicted octanol–water partition coefficient (Wildman–Crippen LogP) is 1.84. The van der Waals surface area contributed by atoms with E-state index in [0.717, 1.165) is 10.4 Å². The van der Waals surface area contributed by atoms with E-state index in [1.165, 1.54) is 0 Å². The minimum Gasteiger partial charge on any atom is -0.364 e. The maximum absolute atomic E-state index is 11.0.